The standard InChI is InChI=1S/C16H20N2O2/c1-12-9-14-5-3-4-6-15(14)18(12)11-16(19)17-7-8-20-13(2)10-17/h3-6,9,13H,7-8,10-11H2,1-2H3/t13-/m1/s1. The maximum Gasteiger partial charge on any atom is 0.242 e. The van der Waals surface area contributed by atoms with Gasteiger partial charge < -0.3 is 14.2 Å². The number of hydrogen-bond acceptors (Lipinski definition) is 2. The number of carbonyl (C=O) groups is 1. The third-order valence-corrected chi connectivity index (χ3v) is 3.90. The molecule has 4 nitrogen and oxygen atoms in total. The lowest BCUT2D eigenvalue weighted by Gasteiger charge is -2.31. The van der Waals surface area contributed by atoms with E-state index in [-0.39, 0.29) is 12.0 Å². The molecule has 106 valence electrons. The van der Waals surface area contributed by atoms with Crippen molar-refractivity contribution < 1.29 is 9.53 Å². The van der Waals surface area contributed by atoms with Crippen LogP contribution in [-0.4, -0.2) is 41.2 Å². The second-order valence-corrected chi connectivity index (χ2v) is 5.45. The van der Waals surface area contributed by atoms with Gasteiger partial charge >= 0.3 is 0 Å². The number of benzene rings is 1. The summed E-state index contributed by atoms with van der Waals surface area (Å²) in [6.07, 6.45) is 0.134. The quantitative estimate of drug-likeness (QED) is 0.840. The molecule has 1 aromatic heterocycles. The van der Waals surface area contributed by atoms with Crippen LogP contribution in [0.5, 0.6) is 0 Å². The number of aromatic nitrogens is 1. The lowest BCUT2D eigenvalue weighted by Crippen LogP contribution is -2.45. The molecule has 1 atom stereocenters. The number of amides is 1. The Bertz CT molecular complexity index is 632. The molecule has 1 fully saturated rings. The Morgan fingerprint density at radius 3 is 3.00 bits per heavy atom. The summed E-state index contributed by atoms with van der Waals surface area (Å²) in [5.74, 6) is 0.171. The van der Waals surface area contributed by atoms with Gasteiger partial charge in [0.15, 0.2) is 0 Å². The highest BCUT2D eigenvalue weighted by molar-refractivity contribution is 5.84. The highest BCUT2D eigenvalue weighted by Crippen LogP contribution is 2.19. The van der Waals surface area contributed by atoms with Crippen molar-refractivity contribution in [2.24, 2.45) is 0 Å². The number of fused-ring (bicyclic) bond motifs is 1. The van der Waals surface area contributed by atoms with Gasteiger partial charge in [-0.05, 0) is 31.4 Å². The fourth-order valence-corrected chi connectivity index (χ4v) is 2.84. The summed E-state index contributed by atoms with van der Waals surface area (Å²) in [5, 5.41) is 1.19. The third kappa shape index (κ3) is 2.43. The smallest absolute Gasteiger partial charge is 0.242 e. The number of rotatable bonds is 2. The Balaban J connectivity index is 1.82. The van der Waals surface area contributed by atoms with Crippen LogP contribution in [0, 0.1) is 6.92 Å². The molecule has 2 heterocycles. The van der Waals surface area contributed by atoms with Gasteiger partial charge in [-0.25, -0.2) is 0 Å². The molecule has 1 aliphatic heterocycles. The van der Waals surface area contributed by atoms with Crippen LogP contribution in [0.3, 0.4) is 0 Å². The lowest BCUT2D eigenvalue weighted by atomic mass is 10.2. The minimum absolute atomic E-state index is 0.134. The molecule has 3 rings (SSSR count). The lowest BCUT2D eigenvalue weighted by molar-refractivity contribution is -0.138. The van der Waals surface area contributed by atoms with Crippen LogP contribution in [0.2, 0.25) is 0 Å². The molecule has 1 aromatic carbocycles. The summed E-state index contributed by atoms with van der Waals surface area (Å²) >= 11 is 0. The van der Waals surface area contributed by atoms with Crippen molar-refractivity contribution in [3.63, 3.8) is 0 Å². The molecule has 0 saturated carbocycles. The van der Waals surface area contributed by atoms with Crippen molar-refractivity contribution >= 4 is 16.8 Å². The zero-order valence-corrected chi connectivity index (χ0v) is 12.0. The predicted octanol–water partition coefficient (Wildman–Crippen LogP) is 2.20. The molecule has 20 heavy (non-hydrogen) atoms. The Hall–Kier alpha value is -1.81. The fourth-order valence-electron chi connectivity index (χ4n) is 2.84. The SMILES string of the molecule is Cc1cc2ccccc2n1CC(=O)N1CCO[C@H](C)C1. The van der Waals surface area contributed by atoms with E-state index >= 15 is 0 Å². The molecular weight excluding hydrogens is 252 g/mol. The maximum atomic E-state index is 12.5. The number of carbonyl (C=O) groups excluding carboxylic acids is 1. The molecule has 0 unspecified atom stereocenters. The van der Waals surface area contributed by atoms with E-state index in [9.17, 15) is 4.79 Å². The molecule has 1 saturated heterocycles. The number of hydrogen-bond donors (Lipinski definition) is 0. The molecule has 2 aromatic rings. The number of aryl methyl sites for hydroxylation is 1. The molecule has 0 aliphatic carbocycles. The highest BCUT2D eigenvalue weighted by Gasteiger charge is 2.22. The van der Waals surface area contributed by atoms with Crippen LogP contribution < -0.4 is 0 Å². The van der Waals surface area contributed by atoms with Crippen molar-refractivity contribution in [2.45, 2.75) is 26.5 Å². The van der Waals surface area contributed by atoms with E-state index in [1.54, 1.807) is 0 Å². The molecular formula is C16H20N2O2. The van der Waals surface area contributed by atoms with Gasteiger partial charge in [-0.3, -0.25) is 4.79 Å². The second-order valence-electron chi connectivity index (χ2n) is 5.45. The molecule has 0 spiro atoms. The van der Waals surface area contributed by atoms with E-state index in [2.05, 4.69) is 29.7 Å². The van der Waals surface area contributed by atoms with Crippen molar-refractivity contribution in [3.05, 3.63) is 36.0 Å². The molecule has 0 bridgehead atoms. The van der Waals surface area contributed by atoms with Crippen molar-refractivity contribution in [3.8, 4) is 0 Å². The molecule has 1 aliphatic rings. The van der Waals surface area contributed by atoms with E-state index in [4.69, 9.17) is 4.74 Å². The van der Waals surface area contributed by atoms with Crippen molar-refractivity contribution in [1.29, 1.82) is 0 Å². The first-order chi connectivity index (χ1) is 9.65. The summed E-state index contributed by atoms with van der Waals surface area (Å²) in [6.45, 7) is 6.49. The van der Waals surface area contributed by atoms with Crippen LogP contribution in [0.15, 0.2) is 30.3 Å². The number of ether oxygens (including phenoxy) is 1. The highest BCUT2D eigenvalue weighted by atomic mass is 16.5. The van der Waals surface area contributed by atoms with Crippen LogP contribution in [0.1, 0.15) is 12.6 Å². The van der Waals surface area contributed by atoms with Crippen LogP contribution in [-0.2, 0) is 16.1 Å². The number of nitrogens with zero attached hydrogens (tertiary/aromatic N) is 2. The van der Waals surface area contributed by atoms with Crippen molar-refractivity contribution in [1.82, 2.24) is 9.47 Å². The summed E-state index contributed by atoms with van der Waals surface area (Å²) in [5.41, 5.74) is 2.25. The van der Waals surface area contributed by atoms with E-state index < -0.39 is 0 Å². The minimum atomic E-state index is 0.134. The van der Waals surface area contributed by atoms with Gasteiger partial charge in [-0.1, -0.05) is 18.2 Å². The van der Waals surface area contributed by atoms with Gasteiger partial charge in [-0.15, -0.1) is 0 Å². The van der Waals surface area contributed by atoms with E-state index in [1.807, 2.05) is 24.0 Å². The predicted molar refractivity (Wildman–Crippen MR) is 78.7 cm³/mol. The number of para-hydroxylation sites is 1. The topological polar surface area (TPSA) is 34.5 Å². The zero-order chi connectivity index (χ0) is 14.1. The first-order valence-electron chi connectivity index (χ1n) is 7.09. The number of morpholine rings is 1. The molecule has 4 heteroatoms. The van der Waals surface area contributed by atoms with E-state index in [0.29, 0.717) is 26.2 Å². The Kier molecular flexibility index (Phi) is 3.49. The zero-order valence-electron chi connectivity index (χ0n) is 12.0. The minimum Gasteiger partial charge on any atom is -0.375 e. The van der Waals surface area contributed by atoms with Gasteiger partial charge in [0.25, 0.3) is 0 Å². The van der Waals surface area contributed by atoms with E-state index in [0.717, 1.165) is 11.2 Å². The molecule has 0 N–H and O–H groups in total. The van der Waals surface area contributed by atoms with Crippen LogP contribution in [0.25, 0.3) is 10.9 Å². The van der Waals surface area contributed by atoms with Gasteiger partial charge in [0.2, 0.25) is 5.91 Å². The Morgan fingerprint density at radius 1 is 1.40 bits per heavy atom. The average Bonchev–Trinajstić information content (AvgIpc) is 2.75. The summed E-state index contributed by atoms with van der Waals surface area (Å²) in [6, 6.07) is 10.3. The monoisotopic (exact) mass is 272 g/mol. The van der Waals surface area contributed by atoms with E-state index in [1.165, 1.54) is 5.39 Å². The Labute approximate surface area is 118 Å². The first-order valence-corrected chi connectivity index (χ1v) is 7.09. The van der Waals surface area contributed by atoms with Gasteiger partial charge in [-0.2, -0.15) is 0 Å². The van der Waals surface area contributed by atoms with Gasteiger partial charge in [0.1, 0.15) is 6.54 Å². The average molecular weight is 272 g/mol. The van der Waals surface area contributed by atoms with Crippen LogP contribution in [0.4, 0.5) is 0 Å². The normalized spacial score (nSPS) is 19.5. The second kappa shape index (κ2) is 5.29. The third-order valence-electron chi connectivity index (χ3n) is 3.90. The molecule has 0 radical (unpaired) electrons. The largest absolute Gasteiger partial charge is 0.375 e. The summed E-state index contributed by atoms with van der Waals surface area (Å²) in [7, 11) is 0. The van der Waals surface area contributed by atoms with Gasteiger partial charge in [0.05, 0.1) is 12.7 Å². The van der Waals surface area contributed by atoms with Crippen molar-refractivity contribution in [2.75, 3.05) is 19.7 Å². The maximum absolute atomic E-state index is 12.5. The van der Waals surface area contributed by atoms with Gasteiger partial charge in [0, 0.05) is 24.3 Å². The summed E-state index contributed by atoms with van der Waals surface area (Å²) in [4.78, 5) is 14.4. The van der Waals surface area contributed by atoms with Crippen LogP contribution >= 0.6 is 0 Å². The fraction of sp³-hybridized carbons (Fsp3) is 0.438. The molecule has 1 amide bonds. The summed E-state index contributed by atoms with van der Waals surface area (Å²) < 4.78 is 7.58. The first kappa shape index (κ1) is 13.2. The Morgan fingerprint density at radius 2 is 2.20 bits per heavy atom.